The number of nitrogens with zero attached hydrogens (tertiary/aromatic N) is 1. The molecule has 0 aliphatic rings. The zero-order valence-electron chi connectivity index (χ0n) is 11.4. The minimum absolute atomic E-state index is 0.0727. The lowest BCUT2D eigenvalue weighted by Gasteiger charge is -2.12. The fraction of sp³-hybridized carbons (Fsp3) is 0.154. The summed E-state index contributed by atoms with van der Waals surface area (Å²) in [6.45, 7) is 0. The lowest BCUT2D eigenvalue weighted by Crippen LogP contribution is -2.14. The second kappa shape index (κ2) is 6.31. The number of nitrogens with one attached hydrogen (secondary N) is 2. The SMILES string of the molecule is CNc1ccc(S(=O)(=O)Nc2cc(Br)ccc2OC)cn1. The van der Waals surface area contributed by atoms with Crippen LogP contribution in [0.15, 0.2) is 45.9 Å². The molecule has 0 aliphatic heterocycles. The summed E-state index contributed by atoms with van der Waals surface area (Å²) in [5.41, 5.74) is 0.351. The Morgan fingerprint density at radius 3 is 2.57 bits per heavy atom. The van der Waals surface area contributed by atoms with E-state index in [1.165, 1.54) is 19.4 Å². The lowest BCUT2D eigenvalue weighted by molar-refractivity contribution is 0.417. The van der Waals surface area contributed by atoms with E-state index in [4.69, 9.17) is 4.74 Å². The van der Waals surface area contributed by atoms with Crippen LogP contribution < -0.4 is 14.8 Å². The summed E-state index contributed by atoms with van der Waals surface area (Å²) in [6.07, 6.45) is 1.29. The van der Waals surface area contributed by atoms with Crippen molar-refractivity contribution in [2.75, 3.05) is 24.2 Å². The second-order valence-corrected chi connectivity index (χ2v) is 6.68. The van der Waals surface area contributed by atoms with Gasteiger partial charge in [0.15, 0.2) is 0 Å². The van der Waals surface area contributed by atoms with E-state index in [9.17, 15) is 8.42 Å². The van der Waals surface area contributed by atoms with Crippen molar-refractivity contribution in [3.63, 3.8) is 0 Å². The highest BCUT2D eigenvalue weighted by Gasteiger charge is 2.17. The Labute approximate surface area is 131 Å². The van der Waals surface area contributed by atoms with Gasteiger partial charge in [-0.2, -0.15) is 0 Å². The van der Waals surface area contributed by atoms with E-state index in [0.29, 0.717) is 17.3 Å². The second-order valence-electron chi connectivity index (χ2n) is 4.08. The van der Waals surface area contributed by atoms with Gasteiger partial charge in [-0.3, -0.25) is 4.72 Å². The van der Waals surface area contributed by atoms with E-state index in [-0.39, 0.29) is 4.90 Å². The molecule has 112 valence electrons. The monoisotopic (exact) mass is 371 g/mol. The van der Waals surface area contributed by atoms with Crippen molar-refractivity contribution < 1.29 is 13.2 Å². The predicted octanol–water partition coefficient (Wildman–Crippen LogP) is 2.70. The molecular formula is C13H14BrN3O3S. The van der Waals surface area contributed by atoms with Crippen LogP contribution in [0, 0.1) is 0 Å². The van der Waals surface area contributed by atoms with Gasteiger partial charge in [-0.1, -0.05) is 15.9 Å². The van der Waals surface area contributed by atoms with E-state index in [2.05, 4.69) is 31.0 Å². The van der Waals surface area contributed by atoms with Crippen molar-refractivity contribution in [1.29, 1.82) is 0 Å². The third-order valence-electron chi connectivity index (χ3n) is 2.71. The molecule has 0 unspecified atom stereocenters. The average Bonchev–Trinajstić information content (AvgIpc) is 2.47. The molecule has 2 N–H and O–H groups in total. The topological polar surface area (TPSA) is 80.3 Å². The molecule has 1 aromatic carbocycles. The molecule has 2 aromatic rings. The highest BCUT2D eigenvalue weighted by atomic mass is 79.9. The number of aromatic nitrogens is 1. The van der Waals surface area contributed by atoms with Crippen LogP contribution in [0.4, 0.5) is 11.5 Å². The molecule has 0 bridgehead atoms. The van der Waals surface area contributed by atoms with E-state index in [1.54, 1.807) is 31.3 Å². The highest BCUT2D eigenvalue weighted by molar-refractivity contribution is 9.10. The van der Waals surface area contributed by atoms with Gasteiger partial charge >= 0.3 is 0 Å². The molecule has 21 heavy (non-hydrogen) atoms. The maximum Gasteiger partial charge on any atom is 0.263 e. The largest absolute Gasteiger partial charge is 0.495 e. The van der Waals surface area contributed by atoms with Crippen LogP contribution in [0.3, 0.4) is 0 Å². The molecular weight excluding hydrogens is 358 g/mol. The van der Waals surface area contributed by atoms with E-state index in [1.807, 2.05) is 0 Å². The van der Waals surface area contributed by atoms with Gasteiger partial charge in [0.1, 0.15) is 16.5 Å². The number of anilines is 2. The van der Waals surface area contributed by atoms with Crippen LogP contribution in [0.5, 0.6) is 5.75 Å². The Kier molecular flexibility index (Phi) is 4.69. The van der Waals surface area contributed by atoms with Crippen LogP contribution in [0.25, 0.3) is 0 Å². The number of methoxy groups -OCH3 is 1. The first-order chi connectivity index (χ1) is 9.96. The molecule has 1 aromatic heterocycles. The number of pyridine rings is 1. The standard InChI is InChI=1S/C13H14BrN3O3S/c1-15-13-6-4-10(8-16-13)21(18,19)17-11-7-9(14)3-5-12(11)20-2/h3-8,17H,1-2H3,(H,15,16). The van der Waals surface area contributed by atoms with E-state index >= 15 is 0 Å². The Hall–Kier alpha value is -1.80. The number of hydrogen-bond acceptors (Lipinski definition) is 5. The zero-order chi connectivity index (χ0) is 15.5. The van der Waals surface area contributed by atoms with Crippen molar-refractivity contribution in [2.45, 2.75) is 4.90 Å². The van der Waals surface area contributed by atoms with Gasteiger partial charge in [0.2, 0.25) is 0 Å². The van der Waals surface area contributed by atoms with Crippen LogP contribution in [-0.4, -0.2) is 27.6 Å². The van der Waals surface area contributed by atoms with E-state index in [0.717, 1.165) is 4.47 Å². The molecule has 6 nitrogen and oxygen atoms in total. The summed E-state index contributed by atoms with van der Waals surface area (Å²) in [5, 5.41) is 2.83. The average molecular weight is 372 g/mol. The van der Waals surface area contributed by atoms with Crippen molar-refractivity contribution in [3.8, 4) is 5.75 Å². The summed E-state index contributed by atoms with van der Waals surface area (Å²) < 4.78 is 33.1. The molecule has 0 radical (unpaired) electrons. The summed E-state index contributed by atoms with van der Waals surface area (Å²) in [6, 6.07) is 8.13. The van der Waals surface area contributed by atoms with Gasteiger partial charge in [0, 0.05) is 17.7 Å². The minimum Gasteiger partial charge on any atom is -0.495 e. The number of rotatable bonds is 5. The fourth-order valence-corrected chi connectivity index (χ4v) is 3.02. The first kappa shape index (κ1) is 15.6. The molecule has 0 saturated heterocycles. The quantitative estimate of drug-likeness (QED) is 0.844. The Morgan fingerprint density at radius 2 is 2.00 bits per heavy atom. The number of halogens is 1. The van der Waals surface area contributed by atoms with Crippen molar-refractivity contribution in [1.82, 2.24) is 4.98 Å². The molecule has 8 heteroatoms. The Bertz CT molecular complexity index is 733. The summed E-state index contributed by atoms with van der Waals surface area (Å²) in [4.78, 5) is 4.07. The van der Waals surface area contributed by atoms with Gasteiger partial charge in [-0.25, -0.2) is 13.4 Å². The molecule has 0 amide bonds. The maximum atomic E-state index is 12.3. The molecule has 0 saturated carbocycles. The number of benzene rings is 1. The Balaban J connectivity index is 2.34. The number of ether oxygens (including phenoxy) is 1. The molecule has 0 spiro atoms. The van der Waals surface area contributed by atoms with Crippen molar-refractivity contribution in [3.05, 3.63) is 41.0 Å². The highest BCUT2D eigenvalue weighted by Crippen LogP contribution is 2.29. The van der Waals surface area contributed by atoms with Crippen LogP contribution in [0.1, 0.15) is 0 Å². The summed E-state index contributed by atoms with van der Waals surface area (Å²) >= 11 is 3.30. The van der Waals surface area contributed by atoms with Crippen molar-refractivity contribution in [2.24, 2.45) is 0 Å². The van der Waals surface area contributed by atoms with Crippen LogP contribution in [-0.2, 0) is 10.0 Å². The maximum absolute atomic E-state index is 12.3. The zero-order valence-corrected chi connectivity index (χ0v) is 13.8. The van der Waals surface area contributed by atoms with Crippen LogP contribution in [0.2, 0.25) is 0 Å². The first-order valence-electron chi connectivity index (χ1n) is 5.96. The first-order valence-corrected chi connectivity index (χ1v) is 8.24. The minimum atomic E-state index is -3.73. The number of hydrogen-bond donors (Lipinski definition) is 2. The molecule has 2 rings (SSSR count). The fourth-order valence-electron chi connectivity index (χ4n) is 1.65. The lowest BCUT2D eigenvalue weighted by atomic mass is 10.3. The van der Waals surface area contributed by atoms with Gasteiger partial charge in [0.05, 0.1) is 12.8 Å². The van der Waals surface area contributed by atoms with Gasteiger partial charge in [0.25, 0.3) is 10.0 Å². The van der Waals surface area contributed by atoms with Gasteiger partial charge in [-0.05, 0) is 30.3 Å². The Morgan fingerprint density at radius 1 is 1.24 bits per heavy atom. The van der Waals surface area contributed by atoms with Crippen molar-refractivity contribution >= 4 is 37.5 Å². The van der Waals surface area contributed by atoms with E-state index < -0.39 is 10.0 Å². The summed E-state index contributed by atoms with van der Waals surface area (Å²) in [5.74, 6) is 1.02. The normalized spacial score (nSPS) is 11.0. The third-order valence-corrected chi connectivity index (χ3v) is 4.55. The predicted molar refractivity (Wildman–Crippen MR) is 85.3 cm³/mol. The smallest absolute Gasteiger partial charge is 0.263 e. The molecule has 0 aliphatic carbocycles. The third kappa shape index (κ3) is 3.64. The van der Waals surface area contributed by atoms with Gasteiger partial charge in [-0.15, -0.1) is 0 Å². The molecule has 1 heterocycles. The molecule has 0 fully saturated rings. The van der Waals surface area contributed by atoms with Gasteiger partial charge < -0.3 is 10.1 Å². The van der Waals surface area contributed by atoms with Crippen LogP contribution >= 0.6 is 15.9 Å². The number of sulfonamides is 1. The summed E-state index contributed by atoms with van der Waals surface area (Å²) in [7, 11) is -0.543. The molecule has 0 atom stereocenters.